The Morgan fingerprint density at radius 2 is 0.912 bits per heavy atom. The molecule has 4 aromatic carbocycles. The number of aromatic nitrogens is 2. The lowest BCUT2D eigenvalue weighted by Crippen LogP contribution is -2.48. The van der Waals surface area contributed by atoms with E-state index < -0.39 is 20.0 Å². The molecule has 0 radical (unpaired) electrons. The molecule has 2 aromatic heterocycles. The first-order valence-electron chi connectivity index (χ1n) is 22.5. The highest BCUT2D eigenvalue weighted by molar-refractivity contribution is 7.89. The largest absolute Gasteiger partial charge is 0.497 e. The van der Waals surface area contributed by atoms with E-state index in [1.807, 2.05) is 19.1 Å². The number of methoxy groups -OCH3 is 4. The van der Waals surface area contributed by atoms with Gasteiger partial charge in [-0.25, -0.2) is 26.8 Å². The molecule has 4 heterocycles. The van der Waals surface area contributed by atoms with Crippen molar-refractivity contribution in [3.63, 3.8) is 0 Å². The molecule has 0 aliphatic carbocycles. The van der Waals surface area contributed by atoms with Crippen molar-refractivity contribution >= 4 is 53.0 Å². The highest BCUT2D eigenvalue weighted by Gasteiger charge is 2.33. The molecule has 2 fully saturated rings. The number of aryl methyl sites for hydroxylation is 1. The van der Waals surface area contributed by atoms with Gasteiger partial charge in [-0.1, -0.05) is 49.7 Å². The minimum Gasteiger partial charge on any atom is -0.497 e. The van der Waals surface area contributed by atoms with Crippen molar-refractivity contribution in [2.75, 3.05) is 97.2 Å². The second-order valence-electron chi connectivity index (χ2n) is 16.1. The second-order valence-corrected chi connectivity index (χ2v) is 21.5. The van der Waals surface area contributed by atoms with Crippen LogP contribution in [0.15, 0.2) is 105 Å². The number of hydrogen-bond acceptors (Lipinski definition) is 15. The van der Waals surface area contributed by atoms with Gasteiger partial charge in [-0.15, -0.1) is 22.7 Å². The van der Waals surface area contributed by atoms with Crippen LogP contribution < -0.4 is 33.5 Å². The second kappa shape index (κ2) is 23.2. The Bertz CT molecular complexity index is 2600. The molecule has 0 spiro atoms. The van der Waals surface area contributed by atoms with Crippen LogP contribution >= 0.6 is 22.7 Å². The number of piperazine rings is 2. The number of thiazole rings is 2. The van der Waals surface area contributed by atoms with E-state index in [4.69, 9.17) is 33.7 Å². The van der Waals surface area contributed by atoms with Crippen LogP contribution in [0.25, 0.3) is 0 Å². The first kappa shape index (κ1) is 50.4. The Morgan fingerprint density at radius 3 is 1.29 bits per heavy atom. The van der Waals surface area contributed by atoms with Crippen LogP contribution in [0, 0.1) is 0 Å². The molecular formula is C49H60N6O9S4. The zero-order valence-corrected chi connectivity index (χ0v) is 42.7. The van der Waals surface area contributed by atoms with Gasteiger partial charge in [0.25, 0.3) is 0 Å². The van der Waals surface area contributed by atoms with E-state index in [1.165, 1.54) is 65.9 Å². The van der Waals surface area contributed by atoms with E-state index in [2.05, 4.69) is 63.9 Å². The van der Waals surface area contributed by atoms with Gasteiger partial charge in [0.05, 0.1) is 46.4 Å². The van der Waals surface area contributed by atoms with E-state index in [-0.39, 0.29) is 9.79 Å². The summed E-state index contributed by atoms with van der Waals surface area (Å²) in [4.78, 5) is 14.2. The minimum absolute atomic E-state index is 0.120. The lowest BCUT2D eigenvalue weighted by molar-refractivity contribution is 0.340. The molecule has 0 amide bonds. The summed E-state index contributed by atoms with van der Waals surface area (Å²) in [5, 5.41) is 6.01. The lowest BCUT2D eigenvalue weighted by Gasteiger charge is -2.34. The average molecular weight is 1010 g/mol. The molecule has 15 nitrogen and oxygen atoms in total. The van der Waals surface area contributed by atoms with Crippen molar-refractivity contribution < 1.29 is 40.5 Å². The molecule has 0 saturated carbocycles. The predicted molar refractivity (Wildman–Crippen MR) is 269 cm³/mol. The number of rotatable bonds is 18. The molecule has 8 rings (SSSR count). The minimum atomic E-state index is -3.71. The van der Waals surface area contributed by atoms with Crippen LogP contribution in [-0.4, -0.2) is 123 Å². The maximum atomic E-state index is 13.3. The lowest BCUT2D eigenvalue weighted by atomic mass is 10.1. The molecule has 19 heteroatoms. The first-order valence-corrected chi connectivity index (χ1v) is 27.2. The van der Waals surface area contributed by atoms with Gasteiger partial charge in [0.1, 0.15) is 38.5 Å². The van der Waals surface area contributed by atoms with E-state index in [0.29, 0.717) is 82.0 Å². The van der Waals surface area contributed by atoms with Crippen molar-refractivity contribution in [1.82, 2.24) is 18.6 Å². The summed E-state index contributed by atoms with van der Waals surface area (Å²) in [6.45, 7) is 8.64. The zero-order chi connectivity index (χ0) is 48.3. The van der Waals surface area contributed by atoms with E-state index in [9.17, 15) is 16.8 Å². The molecule has 364 valence electrons. The van der Waals surface area contributed by atoms with Crippen LogP contribution in [-0.2, 0) is 39.3 Å². The quantitative estimate of drug-likeness (QED) is 0.0822. The summed E-state index contributed by atoms with van der Waals surface area (Å²) >= 11 is 3.20. The molecule has 0 N–H and O–H groups in total. The summed E-state index contributed by atoms with van der Waals surface area (Å²) in [6.07, 6.45) is 3.80. The van der Waals surface area contributed by atoms with E-state index in [1.54, 1.807) is 46.9 Å². The predicted octanol–water partition coefficient (Wildman–Crippen LogP) is 7.88. The van der Waals surface area contributed by atoms with Crippen molar-refractivity contribution in [3.8, 4) is 28.7 Å². The van der Waals surface area contributed by atoms with Crippen LogP contribution in [0.2, 0.25) is 0 Å². The number of benzene rings is 4. The van der Waals surface area contributed by atoms with Crippen LogP contribution in [0.5, 0.6) is 28.7 Å². The van der Waals surface area contributed by atoms with Gasteiger partial charge >= 0.3 is 0 Å². The van der Waals surface area contributed by atoms with Crippen LogP contribution in [0.1, 0.15) is 48.3 Å². The fraction of sp³-hybridized carbons (Fsp3) is 0.388. The first-order chi connectivity index (χ1) is 32.9. The maximum absolute atomic E-state index is 13.3. The summed E-state index contributed by atoms with van der Waals surface area (Å²) in [5.41, 5.74) is 5.83. The van der Waals surface area contributed by atoms with Gasteiger partial charge in [-0.05, 0) is 66.4 Å². The molecule has 2 aliphatic heterocycles. The van der Waals surface area contributed by atoms with Crippen molar-refractivity contribution in [1.29, 1.82) is 0 Å². The number of sulfonamides is 2. The summed E-state index contributed by atoms with van der Waals surface area (Å²) in [5.74, 6) is 2.44. The number of hydrogen-bond donors (Lipinski definition) is 0. The standard InChI is InChI=1S/C25H31N3O4S2.C24H29N3O5S2/c1-4-5-19-6-8-20(9-7-19)16-21-18-33-25(26-21)27-12-14-28(15-13-27)34(29,30)24-17-22(31-2)10-11-23(24)32-3;1-4-32-20-7-5-18(6-8-20)15-19-17-33-24(25-19)26-11-13-27(14-12-26)34(28,29)23-16-21(30-2)9-10-22(23)31-3/h6-11,17-18H,4-5,12-16H2,1-3H3;5-10,16-17H,4,11-15H2,1-3H3. The Morgan fingerprint density at radius 1 is 0.515 bits per heavy atom. The third-order valence-electron chi connectivity index (χ3n) is 11.6. The highest BCUT2D eigenvalue weighted by atomic mass is 32.2. The normalized spacial score (nSPS) is 14.8. The molecular weight excluding hydrogens is 945 g/mol. The maximum Gasteiger partial charge on any atom is 0.247 e. The Labute approximate surface area is 408 Å². The summed E-state index contributed by atoms with van der Waals surface area (Å²) in [6, 6.07) is 26.5. The monoisotopic (exact) mass is 1000 g/mol. The van der Waals surface area contributed by atoms with E-state index in [0.717, 1.165) is 53.1 Å². The number of anilines is 2. The average Bonchev–Trinajstić information content (AvgIpc) is 4.05. The third kappa shape index (κ3) is 12.2. The van der Waals surface area contributed by atoms with E-state index >= 15 is 0 Å². The number of ether oxygens (including phenoxy) is 5. The van der Waals surface area contributed by atoms with Crippen molar-refractivity contribution in [3.05, 3.63) is 124 Å². The Balaban J connectivity index is 0.000000201. The van der Waals surface area contributed by atoms with Gasteiger partial charge in [-0.2, -0.15) is 8.61 Å². The molecule has 68 heavy (non-hydrogen) atoms. The van der Waals surface area contributed by atoms with Gasteiger partial charge in [-0.3, -0.25) is 0 Å². The van der Waals surface area contributed by atoms with Gasteiger partial charge in [0.2, 0.25) is 20.0 Å². The van der Waals surface area contributed by atoms with Gasteiger partial charge in [0, 0.05) is 88.1 Å². The smallest absolute Gasteiger partial charge is 0.247 e. The summed E-state index contributed by atoms with van der Waals surface area (Å²) in [7, 11) is -1.45. The number of nitrogens with zero attached hydrogens (tertiary/aromatic N) is 6. The molecule has 2 saturated heterocycles. The highest BCUT2D eigenvalue weighted by Crippen LogP contribution is 2.34. The molecule has 6 aromatic rings. The SMILES string of the molecule is CCCc1ccc(Cc2csc(N3CCN(S(=O)(=O)c4cc(OC)ccc4OC)CC3)n2)cc1.CCOc1ccc(Cc2csc(N3CCN(S(=O)(=O)c4cc(OC)ccc4OC)CC3)n2)cc1. The van der Waals surface area contributed by atoms with Crippen LogP contribution in [0.4, 0.5) is 10.3 Å². The van der Waals surface area contributed by atoms with Gasteiger partial charge < -0.3 is 33.5 Å². The molecule has 0 unspecified atom stereocenters. The summed E-state index contributed by atoms with van der Waals surface area (Å²) < 4.78 is 82.8. The fourth-order valence-corrected chi connectivity index (χ4v) is 12.9. The zero-order valence-electron chi connectivity index (χ0n) is 39.4. The fourth-order valence-electron chi connectivity index (χ4n) is 7.94. The molecule has 2 aliphatic rings. The molecule has 0 bridgehead atoms. The van der Waals surface area contributed by atoms with Crippen molar-refractivity contribution in [2.24, 2.45) is 0 Å². The third-order valence-corrected chi connectivity index (χ3v) is 17.4. The Kier molecular flexibility index (Phi) is 17.2. The topological polar surface area (TPSA) is 153 Å². The van der Waals surface area contributed by atoms with Gasteiger partial charge in [0.15, 0.2) is 10.3 Å². The Hall–Kier alpha value is -5.44. The molecule has 0 atom stereocenters. The van der Waals surface area contributed by atoms with Crippen molar-refractivity contribution in [2.45, 2.75) is 49.3 Å². The van der Waals surface area contributed by atoms with Crippen LogP contribution in [0.3, 0.4) is 0 Å².